The minimum absolute atomic E-state index is 0.128. The van der Waals surface area contributed by atoms with Gasteiger partial charge < -0.3 is 14.7 Å². The number of hydrogen-bond acceptors (Lipinski definition) is 4. The largest absolute Gasteiger partial charge is 0.337 e. The fraction of sp³-hybridized carbons (Fsp3) is 0.560. The molecule has 1 spiro atoms. The van der Waals surface area contributed by atoms with Crippen LogP contribution < -0.4 is 0 Å². The average Bonchev–Trinajstić information content (AvgIpc) is 3.48. The van der Waals surface area contributed by atoms with Gasteiger partial charge in [-0.25, -0.2) is 0 Å². The van der Waals surface area contributed by atoms with Crippen LogP contribution in [0.3, 0.4) is 0 Å². The molecule has 0 atom stereocenters. The quantitative estimate of drug-likeness (QED) is 0.733. The molecule has 160 valence electrons. The molecule has 0 saturated carbocycles. The molecule has 2 fully saturated rings. The molecule has 4 heterocycles. The van der Waals surface area contributed by atoms with Crippen LogP contribution in [0.4, 0.5) is 0 Å². The van der Waals surface area contributed by atoms with Crippen LogP contribution in [0.1, 0.15) is 42.4 Å². The lowest BCUT2D eigenvalue weighted by Gasteiger charge is -2.49. The second-order valence-electron chi connectivity index (χ2n) is 9.39. The highest BCUT2D eigenvalue weighted by atomic mass is 32.1. The summed E-state index contributed by atoms with van der Waals surface area (Å²) in [4.78, 5) is 20.5. The first-order valence-electron chi connectivity index (χ1n) is 11.5. The highest BCUT2D eigenvalue weighted by Crippen LogP contribution is 2.42. The summed E-state index contributed by atoms with van der Waals surface area (Å²) in [6, 6.07) is 11.0. The van der Waals surface area contributed by atoms with Crippen LogP contribution in [-0.2, 0) is 23.2 Å². The first-order chi connectivity index (χ1) is 14.7. The number of carbonyl (C=O) groups is 1. The van der Waals surface area contributed by atoms with Gasteiger partial charge in [0.1, 0.15) is 0 Å². The Morgan fingerprint density at radius 2 is 1.70 bits per heavy atom. The fourth-order valence-electron chi connectivity index (χ4n) is 5.66. The number of thiophene rings is 1. The SMILES string of the molecule is O=C(Cc1ccsc1)N1Cc2ccccc2C2(CCN(CCN3CCCC3)CC2)C1. The van der Waals surface area contributed by atoms with Crippen LogP contribution in [-0.4, -0.2) is 66.4 Å². The van der Waals surface area contributed by atoms with Crippen molar-refractivity contribution < 1.29 is 4.79 Å². The maximum absolute atomic E-state index is 13.1. The zero-order chi connectivity index (χ0) is 20.4. The van der Waals surface area contributed by atoms with Crippen LogP contribution in [0.5, 0.6) is 0 Å². The van der Waals surface area contributed by atoms with Crippen molar-refractivity contribution in [3.8, 4) is 0 Å². The molecule has 2 aromatic rings. The van der Waals surface area contributed by atoms with Gasteiger partial charge >= 0.3 is 0 Å². The standard InChI is InChI=1S/C25H33N3OS/c29-24(17-21-7-16-30-19-21)28-18-22-5-1-2-6-23(22)25(20-28)8-12-27(13-9-25)15-14-26-10-3-4-11-26/h1-2,5-7,16,19H,3-4,8-15,17-18,20H2. The lowest BCUT2D eigenvalue weighted by Crippen LogP contribution is -2.54. The van der Waals surface area contributed by atoms with Gasteiger partial charge in [0, 0.05) is 31.6 Å². The molecule has 4 nitrogen and oxygen atoms in total. The summed E-state index contributed by atoms with van der Waals surface area (Å²) in [5.74, 6) is 0.277. The normalized spacial score (nSPS) is 21.8. The molecule has 0 N–H and O–H groups in total. The Hall–Kier alpha value is -1.69. The van der Waals surface area contributed by atoms with E-state index in [9.17, 15) is 4.79 Å². The van der Waals surface area contributed by atoms with Crippen molar-refractivity contribution in [1.82, 2.24) is 14.7 Å². The van der Waals surface area contributed by atoms with Gasteiger partial charge in [0.25, 0.3) is 0 Å². The number of benzene rings is 1. The second kappa shape index (κ2) is 8.81. The molecule has 2 saturated heterocycles. The van der Waals surface area contributed by atoms with Crippen LogP contribution in [0.2, 0.25) is 0 Å². The third-order valence-electron chi connectivity index (χ3n) is 7.48. The third kappa shape index (κ3) is 4.20. The maximum atomic E-state index is 13.1. The highest BCUT2D eigenvalue weighted by molar-refractivity contribution is 7.08. The van der Waals surface area contributed by atoms with E-state index in [1.807, 2.05) is 0 Å². The molecule has 3 aliphatic rings. The molecule has 1 aromatic carbocycles. The maximum Gasteiger partial charge on any atom is 0.227 e. The van der Waals surface area contributed by atoms with Gasteiger partial charge in [-0.05, 0) is 85.4 Å². The van der Waals surface area contributed by atoms with Crippen LogP contribution in [0.15, 0.2) is 41.1 Å². The molecule has 1 aromatic heterocycles. The van der Waals surface area contributed by atoms with Crippen molar-refractivity contribution >= 4 is 17.2 Å². The molecule has 0 bridgehead atoms. The summed E-state index contributed by atoms with van der Waals surface area (Å²) in [5.41, 5.74) is 4.13. The Labute approximate surface area is 184 Å². The molecule has 30 heavy (non-hydrogen) atoms. The van der Waals surface area contributed by atoms with E-state index in [1.165, 1.54) is 50.1 Å². The summed E-state index contributed by atoms with van der Waals surface area (Å²) in [6.07, 6.45) is 5.59. The second-order valence-corrected chi connectivity index (χ2v) is 10.2. The lowest BCUT2D eigenvalue weighted by molar-refractivity contribution is -0.133. The van der Waals surface area contributed by atoms with Crippen molar-refractivity contribution in [1.29, 1.82) is 0 Å². The van der Waals surface area contributed by atoms with Crippen LogP contribution in [0, 0.1) is 0 Å². The monoisotopic (exact) mass is 423 g/mol. The number of fused-ring (bicyclic) bond motifs is 2. The van der Waals surface area contributed by atoms with E-state index in [2.05, 4.69) is 55.8 Å². The number of nitrogens with zero attached hydrogens (tertiary/aromatic N) is 3. The molecule has 1 amide bonds. The van der Waals surface area contributed by atoms with Crippen molar-refractivity contribution in [2.24, 2.45) is 0 Å². The number of hydrogen-bond donors (Lipinski definition) is 0. The number of rotatable bonds is 5. The Balaban J connectivity index is 1.27. The first-order valence-corrected chi connectivity index (χ1v) is 12.5. The predicted octanol–water partition coefficient (Wildman–Crippen LogP) is 3.76. The Morgan fingerprint density at radius 3 is 2.43 bits per heavy atom. The van der Waals surface area contributed by atoms with E-state index < -0.39 is 0 Å². The zero-order valence-electron chi connectivity index (χ0n) is 17.9. The molecule has 0 aliphatic carbocycles. The van der Waals surface area contributed by atoms with Crippen LogP contribution in [0.25, 0.3) is 0 Å². The number of carbonyl (C=O) groups excluding carboxylic acids is 1. The molecular formula is C25H33N3OS. The van der Waals surface area contributed by atoms with E-state index in [4.69, 9.17) is 0 Å². The van der Waals surface area contributed by atoms with Gasteiger partial charge in [-0.1, -0.05) is 24.3 Å². The molecule has 5 heteroatoms. The highest BCUT2D eigenvalue weighted by Gasteiger charge is 2.42. The summed E-state index contributed by atoms with van der Waals surface area (Å²) in [5, 5.41) is 4.16. The van der Waals surface area contributed by atoms with E-state index in [1.54, 1.807) is 11.3 Å². The van der Waals surface area contributed by atoms with Crippen molar-refractivity contribution in [2.75, 3.05) is 45.8 Å². The van der Waals surface area contributed by atoms with Gasteiger partial charge in [0.05, 0.1) is 6.42 Å². The van der Waals surface area contributed by atoms with Crippen molar-refractivity contribution in [3.05, 3.63) is 57.8 Å². The topological polar surface area (TPSA) is 26.8 Å². The summed E-state index contributed by atoms with van der Waals surface area (Å²) in [7, 11) is 0. The van der Waals surface area contributed by atoms with Gasteiger partial charge in [-0.2, -0.15) is 11.3 Å². The number of amides is 1. The number of piperidine rings is 1. The summed E-state index contributed by atoms with van der Waals surface area (Å²) < 4.78 is 0. The summed E-state index contributed by atoms with van der Waals surface area (Å²) in [6.45, 7) is 8.92. The Bertz CT molecular complexity index is 851. The van der Waals surface area contributed by atoms with Gasteiger partial charge in [-0.15, -0.1) is 0 Å². The molecule has 0 unspecified atom stereocenters. The minimum Gasteiger partial charge on any atom is -0.337 e. The average molecular weight is 424 g/mol. The smallest absolute Gasteiger partial charge is 0.227 e. The minimum atomic E-state index is 0.128. The molecular weight excluding hydrogens is 390 g/mol. The Kier molecular flexibility index (Phi) is 5.94. The molecule has 3 aliphatic heterocycles. The van der Waals surface area contributed by atoms with Gasteiger partial charge in [0.15, 0.2) is 0 Å². The van der Waals surface area contributed by atoms with E-state index in [0.29, 0.717) is 6.42 Å². The molecule has 5 rings (SSSR count). The third-order valence-corrected chi connectivity index (χ3v) is 8.21. The van der Waals surface area contributed by atoms with E-state index in [-0.39, 0.29) is 11.3 Å². The first kappa shape index (κ1) is 20.2. The number of likely N-dealkylation sites (tertiary alicyclic amines) is 2. The Morgan fingerprint density at radius 1 is 0.967 bits per heavy atom. The van der Waals surface area contributed by atoms with Crippen molar-refractivity contribution in [3.63, 3.8) is 0 Å². The van der Waals surface area contributed by atoms with E-state index in [0.717, 1.165) is 44.6 Å². The molecule has 0 radical (unpaired) electrons. The lowest BCUT2D eigenvalue weighted by atomic mass is 9.68. The van der Waals surface area contributed by atoms with Crippen molar-refractivity contribution in [2.45, 2.75) is 44.1 Å². The fourth-order valence-corrected chi connectivity index (χ4v) is 6.33. The van der Waals surface area contributed by atoms with Crippen LogP contribution >= 0.6 is 11.3 Å². The van der Waals surface area contributed by atoms with Gasteiger partial charge in [-0.3, -0.25) is 4.79 Å². The predicted molar refractivity (Wildman–Crippen MR) is 123 cm³/mol. The van der Waals surface area contributed by atoms with Gasteiger partial charge in [0.2, 0.25) is 5.91 Å². The summed E-state index contributed by atoms with van der Waals surface area (Å²) >= 11 is 1.67. The zero-order valence-corrected chi connectivity index (χ0v) is 18.7. The van der Waals surface area contributed by atoms with E-state index >= 15 is 0 Å².